The number of carbonyl (C=O) groups excluding carboxylic acids is 2. The molecule has 0 radical (unpaired) electrons. The van der Waals surface area contributed by atoms with Crippen molar-refractivity contribution < 1.29 is 23.8 Å². The van der Waals surface area contributed by atoms with Crippen molar-refractivity contribution in [2.45, 2.75) is 52.1 Å². The molecule has 0 spiro atoms. The second-order valence-electron chi connectivity index (χ2n) is 8.68. The Kier molecular flexibility index (Phi) is 7.70. The van der Waals surface area contributed by atoms with Gasteiger partial charge in [-0.25, -0.2) is 4.98 Å². The van der Waals surface area contributed by atoms with Gasteiger partial charge in [-0.15, -0.1) is 0 Å². The van der Waals surface area contributed by atoms with Crippen LogP contribution in [0.4, 0.5) is 0 Å². The van der Waals surface area contributed by atoms with E-state index in [9.17, 15) is 14.7 Å². The number of furan rings is 1. The Labute approximate surface area is 204 Å². The quantitative estimate of drug-likeness (QED) is 0.290. The first-order valence-corrected chi connectivity index (χ1v) is 12.0. The molecule has 1 unspecified atom stereocenters. The summed E-state index contributed by atoms with van der Waals surface area (Å²) in [6.45, 7) is 5.47. The number of ether oxygens (including phenoxy) is 1. The Hall–Kier alpha value is -3.81. The maximum absolute atomic E-state index is 13.4. The molecule has 0 saturated carbocycles. The van der Waals surface area contributed by atoms with Crippen molar-refractivity contribution in [3.05, 3.63) is 83.5 Å². The molecule has 1 N–H and O–H groups in total. The molecule has 35 heavy (non-hydrogen) atoms. The number of aliphatic hydroxyl groups excluding tert-OH is 1. The third kappa shape index (κ3) is 5.48. The number of hydrogen-bond donors (Lipinski definition) is 1. The Morgan fingerprint density at radius 1 is 1.17 bits per heavy atom. The van der Waals surface area contributed by atoms with E-state index in [1.807, 2.05) is 35.0 Å². The normalized spacial score (nSPS) is 15.8. The number of Topliss-reactive ketones (excluding diaryl/α,β-unsaturated/α-hetero) is 1. The van der Waals surface area contributed by atoms with Crippen LogP contribution in [0.5, 0.6) is 5.75 Å². The standard InChI is InChI=1S/C27H31N3O5/c1-3-4-5-16-34-21-9-6-8-20(17-21)24-23(25(31)22-11-10-19(2)35-22)26(32)27(33)30(24)14-7-13-29-15-12-28-18-29/h6,8-12,15,17-18,24,32H,3-5,7,13-14,16H2,1-2H3. The number of rotatable bonds is 12. The van der Waals surface area contributed by atoms with Gasteiger partial charge in [-0.05, 0) is 49.6 Å². The summed E-state index contributed by atoms with van der Waals surface area (Å²) in [5.41, 5.74) is 0.722. The van der Waals surface area contributed by atoms with Gasteiger partial charge in [0.15, 0.2) is 11.5 Å². The minimum atomic E-state index is -0.748. The van der Waals surface area contributed by atoms with Crippen LogP contribution in [-0.4, -0.2) is 44.4 Å². The lowest BCUT2D eigenvalue weighted by molar-refractivity contribution is -0.129. The molecule has 1 atom stereocenters. The minimum absolute atomic E-state index is 0.0233. The van der Waals surface area contributed by atoms with Crippen LogP contribution in [0.3, 0.4) is 0 Å². The molecule has 3 aromatic rings. The van der Waals surface area contributed by atoms with Crippen molar-refractivity contribution in [3.8, 4) is 5.75 Å². The van der Waals surface area contributed by atoms with E-state index in [0.717, 1.165) is 19.3 Å². The highest BCUT2D eigenvalue weighted by Gasteiger charge is 2.44. The molecule has 0 saturated heterocycles. The smallest absolute Gasteiger partial charge is 0.290 e. The Morgan fingerprint density at radius 2 is 2.03 bits per heavy atom. The zero-order valence-corrected chi connectivity index (χ0v) is 20.1. The topological polar surface area (TPSA) is 97.8 Å². The number of amides is 1. The van der Waals surface area contributed by atoms with E-state index < -0.39 is 23.5 Å². The first-order chi connectivity index (χ1) is 17.0. The molecule has 3 heterocycles. The van der Waals surface area contributed by atoms with Gasteiger partial charge < -0.3 is 23.7 Å². The lowest BCUT2D eigenvalue weighted by Crippen LogP contribution is -2.32. The number of nitrogens with zero attached hydrogens (tertiary/aromatic N) is 3. The van der Waals surface area contributed by atoms with Crippen molar-refractivity contribution in [1.29, 1.82) is 0 Å². The van der Waals surface area contributed by atoms with Crippen LogP contribution in [-0.2, 0) is 11.3 Å². The lowest BCUT2D eigenvalue weighted by Gasteiger charge is -2.27. The molecule has 0 fully saturated rings. The number of aliphatic hydroxyl groups is 1. The van der Waals surface area contributed by atoms with Crippen LogP contribution in [0, 0.1) is 6.92 Å². The maximum atomic E-state index is 13.4. The van der Waals surface area contributed by atoms with Gasteiger partial charge in [0, 0.05) is 25.5 Å². The number of aromatic nitrogens is 2. The highest BCUT2D eigenvalue weighted by Crippen LogP contribution is 2.40. The van der Waals surface area contributed by atoms with Gasteiger partial charge in [0.1, 0.15) is 11.5 Å². The molecule has 4 rings (SSSR count). The van der Waals surface area contributed by atoms with Crippen molar-refractivity contribution >= 4 is 11.7 Å². The number of carbonyl (C=O) groups is 2. The predicted octanol–water partition coefficient (Wildman–Crippen LogP) is 5.02. The maximum Gasteiger partial charge on any atom is 0.290 e. The summed E-state index contributed by atoms with van der Waals surface area (Å²) in [5, 5.41) is 10.8. The van der Waals surface area contributed by atoms with Crippen molar-refractivity contribution in [3.63, 3.8) is 0 Å². The number of aryl methyl sites for hydroxylation is 2. The van der Waals surface area contributed by atoms with E-state index in [2.05, 4.69) is 11.9 Å². The fraction of sp³-hybridized carbons (Fsp3) is 0.370. The number of unbranched alkanes of at least 4 members (excludes halogenated alkanes) is 2. The lowest BCUT2D eigenvalue weighted by atomic mass is 9.95. The first-order valence-electron chi connectivity index (χ1n) is 12.0. The summed E-state index contributed by atoms with van der Waals surface area (Å²) in [5.74, 6) is -0.271. The predicted molar refractivity (Wildman–Crippen MR) is 130 cm³/mol. The van der Waals surface area contributed by atoms with Gasteiger partial charge in [-0.2, -0.15) is 0 Å². The molecule has 0 aliphatic carbocycles. The summed E-state index contributed by atoms with van der Waals surface area (Å²) >= 11 is 0. The summed E-state index contributed by atoms with van der Waals surface area (Å²) in [6.07, 6.45) is 9.03. The molecule has 1 aromatic carbocycles. The number of imidazole rings is 1. The molecule has 1 amide bonds. The van der Waals surface area contributed by atoms with Crippen LogP contribution in [0.2, 0.25) is 0 Å². The highest BCUT2D eigenvalue weighted by molar-refractivity contribution is 6.15. The van der Waals surface area contributed by atoms with Gasteiger partial charge in [0.05, 0.1) is 24.5 Å². The van der Waals surface area contributed by atoms with E-state index in [1.54, 1.807) is 36.5 Å². The molecular formula is C27H31N3O5. The fourth-order valence-corrected chi connectivity index (χ4v) is 4.31. The molecule has 8 heteroatoms. The minimum Gasteiger partial charge on any atom is -0.503 e. The SMILES string of the molecule is CCCCCOc1cccc(C2C(C(=O)c3ccc(C)o3)=C(O)C(=O)N2CCCn2ccnc2)c1. The number of hydrogen-bond acceptors (Lipinski definition) is 6. The van der Waals surface area contributed by atoms with Crippen LogP contribution >= 0.6 is 0 Å². The van der Waals surface area contributed by atoms with Crippen LogP contribution < -0.4 is 4.74 Å². The molecular weight excluding hydrogens is 446 g/mol. The van der Waals surface area contributed by atoms with Gasteiger partial charge in [-0.1, -0.05) is 31.9 Å². The van der Waals surface area contributed by atoms with E-state index in [-0.39, 0.29) is 11.3 Å². The van der Waals surface area contributed by atoms with E-state index in [0.29, 0.717) is 43.2 Å². The van der Waals surface area contributed by atoms with Crippen LogP contribution in [0.15, 0.2) is 70.9 Å². The Bertz CT molecular complexity index is 1200. The molecule has 1 aliphatic rings. The summed E-state index contributed by atoms with van der Waals surface area (Å²) in [4.78, 5) is 32.1. The second kappa shape index (κ2) is 11.1. The summed E-state index contributed by atoms with van der Waals surface area (Å²) in [6, 6.07) is 9.88. The summed E-state index contributed by atoms with van der Waals surface area (Å²) in [7, 11) is 0. The molecule has 2 aromatic heterocycles. The third-order valence-electron chi connectivity index (χ3n) is 6.08. The van der Waals surface area contributed by atoms with Crippen LogP contribution in [0.1, 0.15) is 60.5 Å². The van der Waals surface area contributed by atoms with E-state index in [4.69, 9.17) is 9.15 Å². The number of benzene rings is 1. The molecule has 0 bridgehead atoms. The highest BCUT2D eigenvalue weighted by atomic mass is 16.5. The van der Waals surface area contributed by atoms with E-state index >= 15 is 0 Å². The van der Waals surface area contributed by atoms with Gasteiger partial charge in [0.2, 0.25) is 5.78 Å². The zero-order chi connectivity index (χ0) is 24.8. The first kappa shape index (κ1) is 24.3. The summed E-state index contributed by atoms with van der Waals surface area (Å²) < 4.78 is 13.4. The van der Waals surface area contributed by atoms with Crippen LogP contribution in [0.25, 0.3) is 0 Å². The van der Waals surface area contributed by atoms with Gasteiger partial charge in [-0.3, -0.25) is 9.59 Å². The largest absolute Gasteiger partial charge is 0.503 e. The molecule has 8 nitrogen and oxygen atoms in total. The van der Waals surface area contributed by atoms with Gasteiger partial charge in [0.25, 0.3) is 5.91 Å². The van der Waals surface area contributed by atoms with Gasteiger partial charge >= 0.3 is 0 Å². The second-order valence-corrected chi connectivity index (χ2v) is 8.68. The Balaban J connectivity index is 1.63. The average molecular weight is 478 g/mol. The van der Waals surface area contributed by atoms with E-state index in [1.165, 1.54) is 0 Å². The number of ketones is 1. The van der Waals surface area contributed by atoms with Crippen molar-refractivity contribution in [2.24, 2.45) is 0 Å². The third-order valence-corrected chi connectivity index (χ3v) is 6.08. The Morgan fingerprint density at radius 3 is 2.74 bits per heavy atom. The van der Waals surface area contributed by atoms with Crippen molar-refractivity contribution in [1.82, 2.24) is 14.5 Å². The zero-order valence-electron chi connectivity index (χ0n) is 20.1. The fourth-order valence-electron chi connectivity index (χ4n) is 4.31. The monoisotopic (exact) mass is 477 g/mol. The average Bonchev–Trinajstić information content (AvgIpc) is 3.59. The van der Waals surface area contributed by atoms with Crippen molar-refractivity contribution in [2.75, 3.05) is 13.2 Å². The molecule has 1 aliphatic heterocycles. The molecule has 184 valence electrons.